The summed E-state index contributed by atoms with van der Waals surface area (Å²) < 4.78 is 38.4. The highest BCUT2D eigenvalue weighted by Gasteiger charge is 2.67. The van der Waals surface area contributed by atoms with Gasteiger partial charge in [0.15, 0.2) is 0 Å². The Morgan fingerprint density at radius 2 is 2.07 bits per heavy atom. The second kappa shape index (κ2) is 6.77. The van der Waals surface area contributed by atoms with Crippen molar-refractivity contribution in [3.05, 3.63) is 42.0 Å². The van der Waals surface area contributed by atoms with E-state index in [4.69, 9.17) is 9.47 Å². The Morgan fingerprint density at radius 3 is 2.80 bits per heavy atom. The molecule has 3 fully saturated rings. The zero-order valence-electron chi connectivity index (χ0n) is 16.7. The molecule has 0 radical (unpaired) electrons. The van der Waals surface area contributed by atoms with Crippen molar-refractivity contribution in [2.75, 3.05) is 26.7 Å². The third kappa shape index (κ3) is 3.00. The molecule has 1 spiro atoms. The zero-order chi connectivity index (χ0) is 21.1. The second-order valence-electron chi connectivity index (χ2n) is 8.63. The maximum absolute atomic E-state index is 13.5. The number of likely N-dealkylation sites (tertiary alicyclic amines) is 2. The molecule has 4 aliphatic rings. The fourth-order valence-electron chi connectivity index (χ4n) is 5.25. The smallest absolute Gasteiger partial charge is 0.251 e. The molecule has 30 heavy (non-hydrogen) atoms. The molecule has 0 N–H and O–H groups in total. The Labute approximate surface area is 173 Å². The lowest BCUT2D eigenvalue weighted by molar-refractivity contribution is -0.147. The van der Waals surface area contributed by atoms with Crippen LogP contribution < -0.4 is 4.74 Å². The molecule has 1 aromatic carbocycles. The van der Waals surface area contributed by atoms with Gasteiger partial charge in [-0.2, -0.15) is 0 Å². The number of hydrogen-bond donors (Lipinski definition) is 0. The number of nitrogens with zero attached hydrogens (tertiary/aromatic N) is 2. The van der Waals surface area contributed by atoms with Crippen LogP contribution in [0.3, 0.4) is 0 Å². The average Bonchev–Trinajstić information content (AvgIpc) is 3.36. The van der Waals surface area contributed by atoms with Crippen LogP contribution in [-0.2, 0) is 20.9 Å². The number of methoxy groups -OCH3 is 1. The van der Waals surface area contributed by atoms with Gasteiger partial charge in [-0.05, 0) is 17.7 Å². The summed E-state index contributed by atoms with van der Waals surface area (Å²) in [4.78, 5) is 29.7. The highest BCUT2D eigenvalue weighted by Crippen LogP contribution is 2.52. The Hall–Kier alpha value is -2.48. The van der Waals surface area contributed by atoms with Crippen LogP contribution in [0.2, 0.25) is 0 Å². The first-order valence-corrected chi connectivity index (χ1v) is 10.3. The minimum atomic E-state index is -2.72. The Balaban J connectivity index is 1.35. The summed E-state index contributed by atoms with van der Waals surface area (Å²) in [5.74, 6) is -3.63. The quantitative estimate of drug-likeness (QED) is 0.704. The number of benzene rings is 1. The van der Waals surface area contributed by atoms with Crippen LogP contribution in [0.15, 0.2) is 36.4 Å². The van der Waals surface area contributed by atoms with Crippen molar-refractivity contribution in [3.63, 3.8) is 0 Å². The molecular weight excluding hydrogens is 394 g/mol. The number of hydrogen-bond acceptors (Lipinski definition) is 4. The van der Waals surface area contributed by atoms with Gasteiger partial charge in [0.1, 0.15) is 11.4 Å². The number of amides is 2. The lowest BCUT2D eigenvalue weighted by Gasteiger charge is -2.35. The van der Waals surface area contributed by atoms with E-state index in [1.54, 1.807) is 12.0 Å². The first-order valence-electron chi connectivity index (χ1n) is 10.3. The summed E-state index contributed by atoms with van der Waals surface area (Å²) in [7, 11) is 1.59. The Kier molecular flexibility index (Phi) is 4.39. The molecule has 8 heteroatoms. The van der Waals surface area contributed by atoms with Crippen molar-refractivity contribution in [1.82, 2.24) is 9.80 Å². The Bertz CT molecular complexity index is 910. The average molecular weight is 418 g/mol. The number of ether oxygens (including phenoxy) is 2. The highest BCUT2D eigenvalue weighted by molar-refractivity contribution is 5.93. The van der Waals surface area contributed by atoms with Gasteiger partial charge in [-0.3, -0.25) is 9.59 Å². The normalized spacial score (nSPS) is 33.8. The van der Waals surface area contributed by atoms with Crippen LogP contribution in [-0.4, -0.2) is 66.0 Å². The van der Waals surface area contributed by atoms with Gasteiger partial charge in [-0.25, -0.2) is 8.78 Å². The second-order valence-corrected chi connectivity index (χ2v) is 8.63. The predicted octanol–water partition coefficient (Wildman–Crippen LogP) is 2.23. The van der Waals surface area contributed by atoms with Gasteiger partial charge in [0, 0.05) is 32.5 Å². The largest absolute Gasteiger partial charge is 0.497 e. The molecule has 6 nitrogen and oxygen atoms in total. The monoisotopic (exact) mass is 418 g/mol. The van der Waals surface area contributed by atoms with E-state index in [2.05, 4.69) is 0 Å². The molecule has 0 unspecified atom stereocenters. The van der Waals surface area contributed by atoms with E-state index >= 15 is 0 Å². The third-order valence-electron chi connectivity index (χ3n) is 6.78. The molecule has 2 bridgehead atoms. The van der Waals surface area contributed by atoms with E-state index in [-0.39, 0.29) is 37.7 Å². The van der Waals surface area contributed by atoms with Gasteiger partial charge >= 0.3 is 0 Å². The lowest BCUT2D eigenvalue weighted by atomic mass is 9.76. The number of fused-ring (bicyclic) bond motifs is 1. The molecule has 0 aliphatic carbocycles. The summed E-state index contributed by atoms with van der Waals surface area (Å²) in [5.41, 5.74) is 0.124. The zero-order valence-corrected chi connectivity index (χ0v) is 16.7. The maximum Gasteiger partial charge on any atom is 0.251 e. The fourth-order valence-corrected chi connectivity index (χ4v) is 5.25. The third-order valence-corrected chi connectivity index (χ3v) is 6.78. The van der Waals surface area contributed by atoms with Crippen LogP contribution in [0, 0.1) is 11.8 Å². The first kappa shape index (κ1) is 19.5. The minimum Gasteiger partial charge on any atom is -0.497 e. The molecule has 4 aliphatic heterocycles. The number of halogens is 2. The fraction of sp³-hybridized carbons (Fsp3) is 0.545. The van der Waals surface area contributed by atoms with Crippen LogP contribution in [0.25, 0.3) is 0 Å². The van der Waals surface area contributed by atoms with E-state index in [0.29, 0.717) is 18.8 Å². The molecule has 0 aromatic heterocycles. The lowest BCUT2D eigenvalue weighted by Crippen LogP contribution is -2.50. The van der Waals surface area contributed by atoms with Crippen molar-refractivity contribution >= 4 is 11.8 Å². The molecular formula is C22H24F2N2O4. The number of carbonyl (C=O) groups excluding carboxylic acids is 2. The maximum atomic E-state index is 13.5. The van der Waals surface area contributed by atoms with Gasteiger partial charge in [0.2, 0.25) is 11.8 Å². The van der Waals surface area contributed by atoms with E-state index in [1.165, 1.54) is 4.90 Å². The van der Waals surface area contributed by atoms with E-state index in [1.807, 2.05) is 36.4 Å². The number of carbonyl (C=O) groups is 2. The van der Waals surface area contributed by atoms with Gasteiger partial charge in [0.05, 0.1) is 31.6 Å². The van der Waals surface area contributed by atoms with Gasteiger partial charge in [-0.15, -0.1) is 0 Å². The van der Waals surface area contributed by atoms with Gasteiger partial charge in [-0.1, -0.05) is 24.3 Å². The molecule has 4 heterocycles. The summed E-state index contributed by atoms with van der Waals surface area (Å²) >= 11 is 0. The van der Waals surface area contributed by atoms with Crippen LogP contribution in [0.4, 0.5) is 8.78 Å². The molecule has 2 amide bonds. The minimum absolute atomic E-state index is 0.0141. The Morgan fingerprint density at radius 1 is 1.30 bits per heavy atom. The topological polar surface area (TPSA) is 59.1 Å². The molecule has 0 saturated carbocycles. The van der Waals surface area contributed by atoms with Gasteiger partial charge in [0.25, 0.3) is 5.92 Å². The van der Waals surface area contributed by atoms with Crippen molar-refractivity contribution in [1.29, 1.82) is 0 Å². The predicted molar refractivity (Wildman–Crippen MR) is 103 cm³/mol. The van der Waals surface area contributed by atoms with Crippen LogP contribution >= 0.6 is 0 Å². The highest BCUT2D eigenvalue weighted by atomic mass is 19.3. The molecule has 3 saturated heterocycles. The first-order chi connectivity index (χ1) is 14.3. The van der Waals surface area contributed by atoms with Crippen molar-refractivity contribution < 1.29 is 27.8 Å². The van der Waals surface area contributed by atoms with Gasteiger partial charge < -0.3 is 19.3 Å². The van der Waals surface area contributed by atoms with E-state index < -0.39 is 29.5 Å². The SMILES string of the molecule is COc1cccc(CN2C[C@]34C=C[C@H](O3)[C@@H](C(=O)N3CCC(F)(F)CC3)[C@@H]4C2=O)c1. The van der Waals surface area contributed by atoms with Crippen LogP contribution in [0.5, 0.6) is 5.75 Å². The molecule has 4 atom stereocenters. The standard InChI is InChI=1S/C22H24F2N2O4/c1-29-15-4-2-3-14(11-15)12-26-13-21-6-5-16(30-21)17(18(21)20(26)28)19(27)25-9-7-22(23,24)8-10-25/h2-6,11,16-18H,7-10,12-13H2,1H3/t16-,17+,18+,21-/m0/s1. The van der Waals surface area contributed by atoms with E-state index in [9.17, 15) is 18.4 Å². The number of rotatable bonds is 4. The van der Waals surface area contributed by atoms with Crippen molar-refractivity contribution in [2.24, 2.45) is 11.8 Å². The summed E-state index contributed by atoms with van der Waals surface area (Å²) in [6.45, 7) is 0.802. The van der Waals surface area contributed by atoms with Crippen molar-refractivity contribution in [3.8, 4) is 5.75 Å². The van der Waals surface area contributed by atoms with Crippen LogP contribution in [0.1, 0.15) is 18.4 Å². The summed E-state index contributed by atoms with van der Waals surface area (Å²) in [5, 5.41) is 0. The number of alkyl halides is 2. The summed E-state index contributed by atoms with van der Waals surface area (Å²) in [6.07, 6.45) is 2.62. The van der Waals surface area contributed by atoms with E-state index in [0.717, 1.165) is 5.56 Å². The molecule has 160 valence electrons. The number of piperidine rings is 1. The van der Waals surface area contributed by atoms with Crippen molar-refractivity contribution in [2.45, 2.75) is 37.0 Å². The molecule has 1 aromatic rings. The summed E-state index contributed by atoms with van der Waals surface area (Å²) in [6, 6.07) is 7.51. The molecule has 5 rings (SSSR count).